The Bertz CT molecular complexity index is 1090. The summed E-state index contributed by atoms with van der Waals surface area (Å²) in [5, 5.41) is 0. The van der Waals surface area contributed by atoms with E-state index in [4.69, 9.17) is 21.9 Å². The van der Waals surface area contributed by atoms with Crippen LogP contribution in [-0.4, -0.2) is 6.03 Å². The molecule has 0 saturated carbocycles. The molecule has 10 heteroatoms. The van der Waals surface area contributed by atoms with E-state index in [1.807, 2.05) is 0 Å². The maximum atomic E-state index is 14.2. The molecule has 0 aliphatic carbocycles. The van der Waals surface area contributed by atoms with Crippen LogP contribution < -0.4 is 26.8 Å². The van der Waals surface area contributed by atoms with Crippen LogP contribution in [0.4, 0.5) is 45.1 Å². The summed E-state index contributed by atoms with van der Waals surface area (Å²) in [6.07, 6.45) is -4.72. The first-order chi connectivity index (χ1) is 14.1. The lowest BCUT2D eigenvalue weighted by Crippen LogP contribution is -2.32. The number of alkyl halides is 3. The molecule has 3 rings (SSSR count). The van der Waals surface area contributed by atoms with Crippen molar-refractivity contribution < 1.29 is 27.1 Å². The smallest absolute Gasteiger partial charge is 0.416 e. The van der Waals surface area contributed by atoms with E-state index in [1.165, 1.54) is 30.3 Å². The fraction of sp³-hybridized carbons (Fsp3) is 0.0500. The van der Waals surface area contributed by atoms with Crippen LogP contribution in [0, 0.1) is 5.82 Å². The highest BCUT2D eigenvalue weighted by atomic mass is 19.4. The first-order valence-electron chi connectivity index (χ1n) is 8.45. The average Bonchev–Trinajstić information content (AvgIpc) is 2.66. The van der Waals surface area contributed by atoms with Gasteiger partial charge in [-0.15, -0.1) is 0 Å². The molecule has 30 heavy (non-hydrogen) atoms. The molecule has 3 aromatic rings. The monoisotopic (exact) mass is 420 g/mol. The number of urea groups is 1. The van der Waals surface area contributed by atoms with E-state index in [0.29, 0.717) is 46.0 Å². The molecule has 0 heterocycles. The van der Waals surface area contributed by atoms with Crippen LogP contribution in [0.1, 0.15) is 5.56 Å². The maximum Gasteiger partial charge on any atom is 0.416 e. The Labute approximate surface area is 168 Å². The minimum Gasteiger partial charge on any atom is -0.457 e. The lowest BCUT2D eigenvalue weighted by molar-refractivity contribution is -0.137. The summed E-state index contributed by atoms with van der Waals surface area (Å²) in [5.41, 5.74) is 15.7. The van der Waals surface area contributed by atoms with E-state index in [2.05, 4.69) is 0 Å². The number of primary amides is 1. The third-order valence-electron chi connectivity index (χ3n) is 4.12. The van der Waals surface area contributed by atoms with E-state index in [0.717, 1.165) is 0 Å². The molecule has 0 aliphatic heterocycles. The Balaban J connectivity index is 1.92. The highest BCUT2D eigenvalue weighted by molar-refractivity contribution is 5.98. The average molecular weight is 420 g/mol. The second kappa shape index (κ2) is 7.82. The molecule has 3 aromatic carbocycles. The summed E-state index contributed by atoms with van der Waals surface area (Å²) >= 11 is 0. The van der Waals surface area contributed by atoms with Gasteiger partial charge in [0.1, 0.15) is 17.3 Å². The van der Waals surface area contributed by atoms with Gasteiger partial charge < -0.3 is 21.9 Å². The fourth-order valence-corrected chi connectivity index (χ4v) is 2.66. The van der Waals surface area contributed by atoms with E-state index in [9.17, 15) is 22.4 Å². The van der Waals surface area contributed by atoms with Crippen molar-refractivity contribution in [3.8, 4) is 11.5 Å². The van der Waals surface area contributed by atoms with Crippen molar-refractivity contribution in [1.82, 2.24) is 0 Å². The molecule has 156 valence electrons. The van der Waals surface area contributed by atoms with Gasteiger partial charge in [0.05, 0.1) is 28.3 Å². The number of carbonyl (C=O) groups excluding carboxylic acids is 1. The molecule has 0 atom stereocenters. The molecular formula is C20H16F4N4O2. The minimum atomic E-state index is -4.72. The lowest BCUT2D eigenvalue weighted by Gasteiger charge is -2.22. The number of nitrogens with two attached hydrogens (primary N) is 3. The van der Waals surface area contributed by atoms with Crippen molar-refractivity contribution in [3.05, 3.63) is 72.0 Å². The minimum absolute atomic E-state index is 0.0462. The molecule has 0 spiro atoms. The van der Waals surface area contributed by atoms with Gasteiger partial charge in [-0.3, -0.25) is 4.90 Å². The number of nitrogen functional groups attached to an aromatic ring is 2. The van der Waals surface area contributed by atoms with Crippen LogP contribution in [0.3, 0.4) is 0 Å². The van der Waals surface area contributed by atoms with Crippen molar-refractivity contribution in [2.24, 2.45) is 5.73 Å². The fourth-order valence-electron chi connectivity index (χ4n) is 2.66. The van der Waals surface area contributed by atoms with E-state index in [1.54, 1.807) is 12.1 Å². The van der Waals surface area contributed by atoms with E-state index < -0.39 is 29.3 Å². The SMILES string of the molecule is NC(=O)N(c1ccc(Oc2ccc(N)c(N)c2)cc1)c1cc(C(F)(F)F)ccc1F. The highest BCUT2D eigenvalue weighted by Crippen LogP contribution is 2.36. The Morgan fingerprint density at radius 2 is 1.50 bits per heavy atom. The van der Waals surface area contributed by atoms with Gasteiger partial charge >= 0.3 is 12.2 Å². The van der Waals surface area contributed by atoms with E-state index in [-0.39, 0.29) is 5.69 Å². The largest absolute Gasteiger partial charge is 0.457 e. The number of hydrogen-bond donors (Lipinski definition) is 3. The van der Waals surface area contributed by atoms with E-state index >= 15 is 0 Å². The van der Waals surface area contributed by atoms with Crippen LogP contribution in [0.15, 0.2) is 60.7 Å². The summed E-state index contributed by atoms with van der Waals surface area (Å²) in [4.78, 5) is 12.5. The number of hydrogen-bond acceptors (Lipinski definition) is 4. The molecule has 0 unspecified atom stereocenters. The van der Waals surface area contributed by atoms with Gasteiger partial charge in [-0.2, -0.15) is 13.2 Å². The second-order valence-corrected chi connectivity index (χ2v) is 6.22. The number of amides is 2. The number of ether oxygens (including phenoxy) is 1. The van der Waals surface area contributed by atoms with Crippen molar-refractivity contribution >= 4 is 28.8 Å². The zero-order chi connectivity index (χ0) is 22.1. The summed E-state index contributed by atoms with van der Waals surface area (Å²) < 4.78 is 58.8. The lowest BCUT2D eigenvalue weighted by atomic mass is 10.1. The molecular weight excluding hydrogens is 404 g/mol. The standard InChI is InChI=1S/C20H16F4N4O2/c21-15-7-1-11(20(22,23)24)9-18(15)28(19(27)29)12-2-4-13(5-3-12)30-14-6-8-16(25)17(26)10-14/h1-10H,25-26H2,(H2,27,29). The van der Waals surface area contributed by atoms with Crippen LogP contribution in [-0.2, 0) is 6.18 Å². The van der Waals surface area contributed by atoms with Crippen LogP contribution in [0.25, 0.3) is 0 Å². The highest BCUT2D eigenvalue weighted by Gasteiger charge is 2.32. The summed E-state index contributed by atoms with van der Waals surface area (Å²) in [7, 11) is 0. The number of anilines is 4. The molecule has 0 radical (unpaired) electrons. The van der Waals surface area contributed by atoms with Crippen molar-refractivity contribution in [1.29, 1.82) is 0 Å². The number of halogens is 4. The second-order valence-electron chi connectivity index (χ2n) is 6.22. The first kappa shape index (κ1) is 20.8. The Morgan fingerprint density at radius 3 is 2.07 bits per heavy atom. The van der Waals surface area contributed by atoms with Crippen molar-refractivity contribution in [2.75, 3.05) is 16.4 Å². The van der Waals surface area contributed by atoms with Crippen LogP contribution >= 0.6 is 0 Å². The van der Waals surface area contributed by atoms with Gasteiger partial charge in [0.15, 0.2) is 0 Å². The molecule has 0 aliphatic rings. The number of benzene rings is 3. The molecule has 0 bridgehead atoms. The van der Waals surface area contributed by atoms with Gasteiger partial charge in [-0.05, 0) is 54.6 Å². The molecule has 6 nitrogen and oxygen atoms in total. The Hall–Kier alpha value is -3.95. The number of nitrogens with zero attached hydrogens (tertiary/aromatic N) is 1. The summed E-state index contributed by atoms with van der Waals surface area (Å²) in [5.74, 6) is -0.318. The predicted molar refractivity (Wildman–Crippen MR) is 105 cm³/mol. The molecule has 0 aromatic heterocycles. The van der Waals surface area contributed by atoms with Gasteiger partial charge in [-0.1, -0.05) is 0 Å². The van der Waals surface area contributed by atoms with Crippen LogP contribution in [0.2, 0.25) is 0 Å². The van der Waals surface area contributed by atoms with Gasteiger partial charge in [0, 0.05) is 6.07 Å². The zero-order valence-corrected chi connectivity index (χ0v) is 15.3. The third-order valence-corrected chi connectivity index (χ3v) is 4.12. The van der Waals surface area contributed by atoms with Crippen LogP contribution in [0.5, 0.6) is 11.5 Å². The molecule has 0 fully saturated rings. The zero-order valence-electron chi connectivity index (χ0n) is 15.3. The molecule has 0 saturated heterocycles. The summed E-state index contributed by atoms with van der Waals surface area (Å²) in [6.45, 7) is 0. The van der Waals surface area contributed by atoms with Gasteiger partial charge in [-0.25, -0.2) is 9.18 Å². The quantitative estimate of drug-likeness (QED) is 0.407. The van der Waals surface area contributed by atoms with Gasteiger partial charge in [0.25, 0.3) is 0 Å². The van der Waals surface area contributed by atoms with Crippen molar-refractivity contribution in [3.63, 3.8) is 0 Å². The first-order valence-corrected chi connectivity index (χ1v) is 8.45. The Kier molecular flexibility index (Phi) is 5.41. The third kappa shape index (κ3) is 4.37. The summed E-state index contributed by atoms with van der Waals surface area (Å²) in [6, 6.07) is 10.8. The maximum absolute atomic E-state index is 14.2. The molecule has 6 N–H and O–H groups in total. The Morgan fingerprint density at radius 1 is 0.867 bits per heavy atom. The van der Waals surface area contributed by atoms with Crippen molar-refractivity contribution in [2.45, 2.75) is 6.18 Å². The normalized spacial score (nSPS) is 11.2. The molecule has 2 amide bonds. The topological polar surface area (TPSA) is 108 Å². The predicted octanol–water partition coefficient (Wildman–Crippen LogP) is 5.02. The number of rotatable bonds is 4. The van der Waals surface area contributed by atoms with Gasteiger partial charge in [0.2, 0.25) is 0 Å². The number of carbonyl (C=O) groups is 1.